The van der Waals surface area contributed by atoms with Gasteiger partial charge in [-0.2, -0.15) is 0 Å². The number of rotatable bonds is 3. The van der Waals surface area contributed by atoms with Crippen LogP contribution in [0.1, 0.15) is 20.3 Å². The van der Waals surface area contributed by atoms with Crippen molar-refractivity contribution in [3.05, 3.63) is 23.9 Å². The Morgan fingerprint density at radius 3 is 2.78 bits per heavy atom. The largest absolute Gasteiger partial charge is 0.273 e. The van der Waals surface area contributed by atoms with Crippen molar-refractivity contribution in [3.63, 3.8) is 0 Å². The molecule has 0 unspecified atom stereocenters. The normalized spacial score (nSPS) is 12.4. The molecule has 0 saturated heterocycles. The predicted octanol–water partition coefficient (Wildman–Crippen LogP) is 2.56. The van der Waals surface area contributed by atoms with E-state index in [2.05, 4.69) is 24.7 Å². The molecule has 0 N–H and O–H groups in total. The molecule has 0 atom stereocenters. The average molecular weight is 123 g/mol. The highest BCUT2D eigenvalue weighted by molar-refractivity contribution is 5.27. The minimum Gasteiger partial charge on any atom is -0.273 e. The molecule has 1 heteroatoms. The molecule has 0 aliphatic rings. The van der Waals surface area contributed by atoms with Crippen LogP contribution in [0.15, 0.2) is 28.9 Å². The third-order valence-corrected chi connectivity index (χ3v) is 0.969. The summed E-state index contributed by atoms with van der Waals surface area (Å²) in [6.07, 6.45) is 6.85. The monoisotopic (exact) mass is 123 g/mol. The zero-order valence-corrected chi connectivity index (χ0v) is 6.09. The van der Waals surface area contributed by atoms with Gasteiger partial charge in [0.2, 0.25) is 0 Å². The van der Waals surface area contributed by atoms with Gasteiger partial charge < -0.3 is 0 Å². The summed E-state index contributed by atoms with van der Waals surface area (Å²) in [4.78, 5) is 3.59. The maximum absolute atomic E-state index is 3.59. The van der Waals surface area contributed by atoms with Crippen molar-refractivity contribution in [1.82, 2.24) is 0 Å². The number of aliphatic imine (C=N–C) groups is 1. The van der Waals surface area contributed by atoms with Gasteiger partial charge in [-0.15, -0.1) is 0 Å². The number of allylic oxidation sites excluding steroid dienone is 3. The van der Waals surface area contributed by atoms with E-state index in [0.717, 1.165) is 6.42 Å². The predicted molar refractivity (Wildman–Crippen MR) is 42.7 cm³/mol. The van der Waals surface area contributed by atoms with Gasteiger partial charge in [-0.1, -0.05) is 18.6 Å². The van der Waals surface area contributed by atoms with Crippen LogP contribution in [0.4, 0.5) is 0 Å². The Hall–Kier alpha value is -0.850. The van der Waals surface area contributed by atoms with Crippen LogP contribution in [-0.4, -0.2) is 6.72 Å². The van der Waals surface area contributed by atoms with Gasteiger partial charge >= 0.3 is 0 Å². The zero-order chi connectivity index (χ0) is 7.11. The quantitative estimate of drug-likeness (QED) is 0.404. The first-order chi connectivity index (χ1) is 4.31. The fraction of sp³-hybridized carbons (Fsp3) is 0.375. The summed E-state index contributed by atoms with van der Waals surface area (Å²) in [5, 5.41) is 0. The Labute approximate surface area is 56.8 Å². The molecule has 0 amide bonds. The van der Waals surface area contributed by atoms with Crippen molar-refractivity contribution in [2.45, 2.75) is 20.3 Å². The van der Waals surface area contributed by atoms with Gasteiger partial charge in [0.15, 0.2) is 0 Å². The van der Waals surface area contributed by atoms with Gasteiger partial charge in [-0.3, -0.25) is 4.99 Å². The highest BCUT2D eigenvalue weighted by atomic mass is 14.6. The lowest BCUT2D eigenvalue weighted by Gasteiger charge is -1.85. The summed E-state index contributed by atoms with van der Waals surface area (Å²) in [6, 6.07) is 0. The molecule has 0 radical (unpaired) electrons. The maximum Gasteiger partial charge on any atom is 0.0263 e. The van der Waals surface area contributed by atoms with Gasteiger partial charge in [0.1, 0.15) is 0 Å². The first-order valence-electron chi connectivity index (χ1n) is 3.10. The van der Waals surface area contributed by atoms with Crippen LogP contribution in [0, 0.1) is 0 Å². The number of hydrogen-bond donors (Lipinski definition) is 0. The lowest BCUT2D eigenvalue weighted by Crippen LogP contribution is -1.65. The van der Waals surface area contributed by atoms with Crippen molar-refractivity contribution in [2.24, 2.45) is 4.99 Å². The van der Waals surface area contributed by atoms with E-state index < -0.39 is 0 Å². The summed E-state index contributed by atoms with van der Waals surface area (Å²) in [7, 11) is 0. The number of hydrogen-bond acceptors (Lipinski definition) is 1. The van der Waals surface area contributed by atoms with E-state index >= 15 is 0 Å². The van der Waals surface area contributed by atoms with Gasteiger partial charge in [-0.05, 0) is 26.1 Å². The lowest BCUT2D eigenvalue weighted by atomic mass is 10.2. The molecule has 0 heterocycles. The van der Waals surface area contributed by atoms with Crippen molar-refractivity contribution < 1.29 is 0 Å². The van der Waals surface area contributed by atoms with Gasteiger partial charge in [0.05, 0.1) is 0 Å². The smallest absolute Gasteiger partial charge is 0.0263 e. The molecule has 0 aromatic heterocycles. The molecule has 0 aliphatic carbocycles. The van der Waals surface area contributed by atoms with Crippen LogP contribution in [0.25, 0.3) is 0 Å². The van der Waals surface area contributed by atoms with Gasteiger partial charge in [0, 0.05) is 6.20 Å². The molecule has 0 saturated carbocycles. The van der Waals surface area contributed by atoms with E-state index in [1.165, 1.54) is 5.57 Å². The maximum atomic E-state index is 3.59. The van der Waals surface area contributed by atoms with Crippen LogP contribution >= 0.6 is 0 Å². The third kappa shape index (κ3) is 5.01. The van der Waals surface area contributed by atoms with E-state index in [9.17, 15) is 0 Å². The van der Waals surface area contributed by atoms with Crippen LogP contribution in [0.3, 0.4) is 0 Å². The van der Waals surface area contributed by atoms with Crippen molar-refractivity contribution in [2.75, 3.05) is 0 Å². The average Bonchev–Trinajstić information content (AvgIpc) is 1.85. The molecule has 0 rings (SSSR count). The van der Waals surface area contributed by atoms with Crippen LogP contribution in [-0.2, 0) is 0 Å². The van der Waals surface area contributed by atoms with E-state index in [4.69, 9.17) is 0 Å². The summed E-state index contributed by atoms with van der Waals surface area (Å²) in [6.45, 7) is 7.49. The molecule has 0 aromatic carbocycles. The second-order valence-corrected chi connectivity index (χ2v) is 1.85. The molecule has 0 aliphatic heterocycles. The first kappa shape index (κ1) is 8.15. The lowest BCUT2D eigenvalue weighted by molar-refractivity contribution is 1.20. The van der Waals surface area contributed by atoms with Crippen LogP contribution in [0.5, 0.6) is 0 Å². The van der Waals surface area contributed by atoms with Crippen LogP contribution in [0.2, 0.25) is 0 Å². The Morgan fingerprint density at radius 1 is 1.67 bits per heavy atom. The minimum absolute atomic E-state index is 1.08. The molecular weight excluding hydrogens is 110 g/mol. The Bertz CT molecular complexity index is 132. The summed E-state index contributed by atoms with van der Waals surface area (Å²) >= 11 is 0. The summed E-state index contributed by atoms with van der Waals surface area (Å²) < 4.78 is 0. The first-order valence-corrected chi connectivity index (χ1v) is 3.10. The molecule has 0 bridgehead atoms. The Kier molecular flexibility index (Phi) is 4.79. The summed E-state index contributed by atoms with van der Waals surface area (Å²) in [5.41, 5.74) is 1.24. The van der Waals surface area contributed by atoms with Crippen molar-refractivity contribution in [1.29, 1.82) is 0 Å². The summed E-state index contributed by atoms with van der Waals surface area (Å²) in [5.74, 6) is 0. The third-order valence-electron chi connectivity index (χ3n) is 0.969. The highest BCUT2D eigenvalue weighted by Gasteiger charge is 1.75. The SMILES string of the molecule is C=N/C=C\C(C)=C/CC. The highest BCUT2D eigenvalue weighted by Crippen LogP contribution is 1.95. The molecule has 0 spiro atoms. The van der Waals surface area contributed by atoms with E-state index in [1.54, 1.807) is 6.20 Å². The second-order valence-electron chi connectivity index (χ2n) is 1.85. The second kappa shape index (κ2) is 5.29. The Morgan fingerprint density at radius 2 is 2.33 bits per heavy atom. The molecule has 50 valence electrons. The molecule has 0 aromatic rings. The fourth-order valence-electron chi connectivity index (χ4n) is 0.560. The molecule has 0 fully saturated rings. The molecular formula is C8H13N. The fourth-order valence-corrected chi connectivity index (χ4v) is 0.560. The minimum atomic E-state index is 1.08. The Balaban J connectivity index is 3.74. The van der Waals surface area contributed by atoms with E-state index in [-0.39, 0.29) is 0 Å². The van der Waals surface area contributed by atoms with E-state index in [0.29, 0.717) is 0 Å². The topological polar surface area (TPSA) is 12.4 Å². The molecule has 1 nitrogen and oxygen atoms in total. The van der Waals surface area contributed by atoms with Gasteiger partial charge in [-0.25, -0.2) is 0 Å². The zero-order valence-electron chi connectivity index (χ0n) is 6.09. The standard InChI is InChI=1S/C8H13N/c1-4-5-8(2)6-7-9-3/h5-7H,3-4H2,1-2H3/b7-6-,8-5-. The van der Waals surface area contributed by atoms with Crippen molar-refractivity contribution in [3.8, 4) is 0 Å². The van der Waals surface area contributed by atoms with Crippen LogP contribution < -0.4 is 0 Å². The van der Waals surface area contributed by atoms with E-state index in [1.807, 2.05) is 13.0 Å². The molecule has 9 heavy (non-hydrogen) atoms. The van der Waals surface area contributed by atoms with Crippen molar-refractivity contribution >= 4 is 6.72 Å². The van der Waals surface area contributed by atoms with Gasteiger partial charge in [0.25, 0.3) is 0 Å². The number of nitrogens with zero attached hydrogens (tertiary/aromatic N) is 1.